The molecule has 0 aliphatic heterocycles. The van der Waals surface area contributed by atoms with E-state index in [1.54, 1.807) is 0 Å². The zero-order valence-electron chi connectivity index (χ0n) is 23.6. The van der Waals surface area contributed by atoms with Crippen LogP contribution in [0.2, 0.25) is 0 Å². The minimum Gasteiger partial charge on any atom is -0.439 e. The zero-order valence-corrected chi connectivity index (χ0v) is 24.4. The number of hydrogen-bond donors (Lipinski definition) is 0. The maximum atomic E-state index is 6.63. The van der Waals surface area contributed by atoms with Crippen LogP contribution in [0.5, 0.6) is 0 Å². The Kier molecular flexibility index (Phi) is 4.87. The van der Waals surface area contributed by atoms with Gasteiger partial charge in [0.05, 0.1) is 16.6 Å². The molecule has 0 aliphatic carbocycles. The summed E-state index contributed by atoms with van der Waals surface area (Å²) in [6.45, 7) is 0. The van der Waals surface area contributed by atoms with Crippen molar-refractivity contribution in [3.8, 4) is 22.5 Å². The minimum absolute atomic E-state index is 0.868. The first-order chi connectivity index (χ1) is 21.8. The summed E-state index contributed by atoms with van der Waals surface area (Å²) in [4.78, 5) is 0. The van der Waals surface area contributed by atoms with Gasteiger partial charge in [-0.2, -0.15) is 0 Å². The van der Waals surface area contributed by atoms with E-state index in [-0.39, 0.29) is 0 Å². The summed E-state index contributed by atoms with van der Waals surface area (Å²) >= 11 is 1.86. The van der Waals surface area contributed by atoms with Crippen molar-refractivity contribution < 1.29 is 4.42 Å². The Hall–Kier alpha value is -5.58. The molecular formula is C40H24N2OS. The second-order valence-corrected chi connectivity index (χ2v) is 12.4. The average Bonchev–Trinajstić information content (AvgIpc) is 3.81. The molecule has 44 heavy (non-hydrogen) atoms. The van der Waals surface area contributed by atoms with Gasteiger partial charge in [0, 0.05) is 42.0 Å². The third-order valence-corrected chi connectivity index (χ3v) is 10.1. The first-order valence-electron chi connectivity index (χ1n) is 14.9. The molecule has 0 atom stereocenters. The molecule has 10 rings (SSSR count). The normalized spacial score (nSPS) is 12.1. The van der Waals surface area contributed by atoms with Gasteiger partial charge in [-0.25, -0.2) is 0 Å². The molecule has 0 amide bonds. The lowest BCUT2D eigenvalue weighted by Crippen LogP contribution is -2.01. The van der Waals surface area contributed by atoms with E-state index in [0.29, 0.717) is 0 Å². The van der Waals surface area contributed by atoms with Gasteiger partial charge in [0.2, 0.25) is 5.71 Å². The van der Waals surface area contributed by atoms with Crippen molar-refractivity contribution >= 4 is 75.5 Å². The van der Waals surface area contributed by atoms with Gasteiger partial charge in [-0.3, -0.25) is 9.13 Å². The summed E-state index contributed by atoms with van der Waals surface area (Å²) in [5, 5.41) is 7.34. The van der Waals surface area contributed by atoms with E-state index >= 15 is 0 Å². The molecule has 4 aromatic heterocycles. The van der Waals surface area contributed by atoms with Crippen LogP contribution in [-0.4, -0.2) is 9.13 Å². The molecular weight excluding hydrogens is 557 g/mol. The number of hydrogen-bond acceptors (Lipinski definition) is 2. The van der Waals surface area contributed by atoms with Crippen LogP contribution >= 0.6 is 11.3 Å². The Labute approximate surface area is 256 Å². The van der Waals surface area contributed by atoms with Gasteiger partial charge < -0.3 is 4.42 Å². The van der Waals surface area contributed by atoms with Crippen LogP contribution in [0.3, 0.4) is 0 Å². The predicted octanol–water partition coefficient (Wildman–Crippen LogP) is 11.5. The second kappa shape index (κ2) is 8.96. The lowest BCUT2D eigenvalue weighted by molar-refractivity contribution is 0.644. The summed E-state index contributed by atoms with van der Waals surface area (Å²) < 4.78 is 14.0. The van der Waals surface area contributed by atoms with Gasteiger partial charge in [-0.05, 0) is 65.7 Å². The number of para-hydroxylation sites is 3. The largest absolute Gasteiger partial charge is 0.439 e. The molecule has 3 nitrogen and oxygen atoms in total. The highest BCUT2D eigenvalue weighted by Crippen LogP contribution is 2.45. The fourth-order valence-corrected chi connectivity index (χ4v) is 8.11. The molecule has 0 unspecified atom stereocenters. The quantitative estimate of drug-likeness (QED) is 0.204. The van der Waals surface area contributed by atoms with E-state index < -0.39 is 0 Å². The molecule has 206 valence electrons. The van der Waals surface area contributed by atoms with Gasteiger partial charge in [0.1, 0.15) is 11.2 Å². The number of aromatic nitrogens is 2. The maximum absolute atomic E-state index is 6.63. The summed E-state index contributed by atoms with van der Waals surface area (Å²) in [6, 6.07) is 52.2. The standard InChI is InChI=1S/C40H24N2OS/c1-2-12-27(13-3-1)42-39-37(38-31-17-5-8-19-34(31)43-40(38)42)30-16-4-7-18-33(30)41(39)28-14-10-11-25(23-28)26-21-22-36-32(24-26)29-15-6-9-20-35(29)44-36/h1-24H. The summed E-state index contributed by atoms with van der Waals surface area (Å²) in [5.41, 5.74) is 8.64. The van der Waals surface area contributed by atoms with Gasteiger partial charge in [-0.1, -0.05) is 91.0 Å². The van der Waals surface area contributed by atoms with Crippen molar-refractivity contribution in [3.05, 3.63) is 146 Å². The second-order valence-electron chi connectivity index (χ2n) is 11.4. The van der Waals surface area contributed by atoms with Crippen LogP contribution in [0.1, 0.15) is 0 Å². The Morgan fingerprint density at radius 1 is 0.455 bits per heavy atom. The van der Waals surface area contributed by atoms with Crippen LogP contribution in [-0.2, 0) is 0 Å². The summed E-state index contributed by atoms with van der Waals surface area (Å²) in [5.74, 6) is 0. The number of furan rings is 1. The maximum Gasteiger partial charge on any atom is 0.215 e. The number of fused-ring (bicyclic) bond motifs is 10. The van der Waals surface area contributed by atoms with Crippen LogP contribution in [0.15, 0.2) is 150 Å². The molecule has 0 spiro atoms. The van der Waals surface area contributed by atoms with E-state index in [4.69, 9.17) is 4.42 Å². The van der Waals surface area contributed by atoms with Gasteiger partial charge >= 0.3 is 0 Å². The van der Waals surface area contributed by atoms with Crippen molar-refractivity contribution in [2.24, 2.45) is 0 Å². The molecule has 0 fully saturated rings. The fourth-order valence-electron chi connectivity index (χ4n) is 7.02. The fraction of sp³-hybridized carbons (Fsp3) is 0. The van der Waals surface area contributed by atoms with E-state index in [0.717, 1.165) is 39.1 Å². The SMILES string of the molecule is c1ccc(-n2c3oc4ccccc4c3c3c4ccccc4n(-c4cccc(-c5ccc6sc7ccccc7c6c5)c4)c32)cc1. The molecule has 0 aliphatic rings. The van der Waals surface area contributed by atoms with Gasteiger partial charge in [0.25, 0.3) is 0 Å². The highest BCUT2D eigenvalue weighted by Gasteiger charge is 2.26. The molecule has 4 heterocycles. The van der Waals surface area contributed by atoms with Crippen LogP contribution in [0, 0.1) is 0 Å². The molecule has 0 bridgehead atoms. The minimum atomic E-state index is 0.868. The van der Waals surface area contributed by atoms with Crippen LogP contribution < -0.4 is 0 Å². The highest BCUT2D eigenvalue weighted by atomic mass is 32.1. The van der Waals surface area contributed by atoms with E-state index in [1.165, 1.54) is 47.6 Å². The third-order valence-electron chi connectivity index (χ3n) is 8.92. The third kappa shape index (κ3) is 3.26. The summed E-state index contributed by atoms with van der Waals surface area (Å²) in [7, 11) is 0. The van der Waals surface area contributed by atoms with Crippen LogP contribution in [0.4, 0.5) is 0 Å². The first-order valence-corrected chi connectivity index (χ1v) is 15.7. The van der Waals surface area contributed by atoms with Crippen molar-refractivity contribution in [2.45, 2.75) is 0 Å². The summed E-state index contributed by atoms with van der Waals surface area (Å²) in [6.07, 6.45) is 0. The molecule has 4 heteroatoms. The monoisotopic (exact) mass is 580 g/mol. The number of benzene rings is 6. The lowest BCUT2D eigenvalue weighted by Gasteiger charge is -2.13. The Morgan fingerprint density at radius 2 is 1.16 bits per heavy atom. The topological polar surface area (TPSA) is 23.0 Å². The molecule has 0 saturated carbocycles. The molecule has 0 saturated heterocycles. The van der Waals surface area contributed by atoms with E-state index in [2.05, 4.69) is 149 Å². The number of rotatable bonds is 3. The van der Waals surface area contributed by atoms with Crippen molar-refractivity contribution in [1.29, 1.82) is 0 Å². The number of nitrogens with zero attached hydrogens (tertiary/aromatic N) is 2. The Morgan fingerprint density at radius 3 is 2.07 bits per heavy atom. The Bertz CT molecular complexity index is 2720. The van der Waals surface area contributed by atoms with Crippen molar-refractivity contribution in [1.82, 2.24) is 9.13 Å². The van der Waals surface area contributed by atoms with Crippen molar-refractivity contribution in [3.63, 3.8) is 0 Å². The van der Waals surface area contributed by atoms with E-state index in [9.17, 15) is 0 Å². The van der Waals surface area contributed by atoms with E-state index in [1.807, 2.05) is 17.4 Å². The van der Waals surface area contributed by atoms with Crippen LogP contribution in [0.25, 0.3) is 86.7 Å². The smallest absolute Gasteiger partial charge is 0.215 e. The average molecular weight is 581 g/mol. The lowest BCUT2D eigenvalue weighted by atomic mass is 10.0. The molecule has 0 N–H and O–H groups in total. The Balaban J connectivity index is 1.29. The molecule has 10 aromatic rings. The van der Waals surface area contributed by atoms with Gasteiger partial charge in [-0.15, -0.1) is 11.3 Å². The number of thiophene rings is 1. The predicted molar refractivity (Wildman–Crippen MR) is 186 cm³/mol. The highest BCUT2D eigenvalue weighted by molar-refractivity contribution is 7.25. The molecule has 6 aromatic carbocycles. The first kappa shape index (κ1) is 23.9. The van der Waals surface area contributed by atoms with Crippen molar-refractivity contribution in [2.75, 3.05) is 0 Å². The zero-order chi connectivity index (χ0) is 28.8. The molecule has 0 radical (unpaired) electrons. The van der Waals surface area contributed by atoms with Gasteiger partial charge in [0.15, 0.2) is 0 Å².